The van der Waals surface area contributed by atoms with Gasteiger partial charge in [0.1, 0.15) is 0 Å². The first-order chi connectivity index (χ1) is 5.91. The van der Waals surface area contributed by atoms with E-state index < -0.39 is 0 Å². The highest BCUT2D eigenvalue weighted by Gasteiger charge is 1.91. The molecule has 0 aliphatic rings. The Balaban J connectivity index is 4.21. The van der Waals surface area contributed by atoms with Gasteiger partial charge in [-0.15, -0.1) is 0 Å². The van der Waals surface area contributed by atoms with Crippen molar-refractivity contribution in [2.75, 3.05) is 28.2 Å². The predicted molar refractivity (Wildman–Crippen MR) is 57.4 cm³/mol. The van der Waals surface area contributed by atoms with E-state index in [2.05, 4.69) is 10.5 Å². The van der Waals surface area contributed by atoms with Crippen LogP contribution in [0.3, 0.4) is 0 Å². The fourth-order valence-electron chi connectivity index (χ4n) is 1.04. The standard InChI is InChI=1S/C9H20N4/c1-8(10-12(3)4)7-9(2)11-13(5)6/h7,10H,1-6H3. The minimum Gasteiger partial charge on any atom is -0.324 e. The van der Waals surface area contributed by atoms with E-state index in [-0.39, 0.29) is 0 Å². The summed E-state index contributed by atoms with van der Waals surface area (Å²) in [7, 11) is 7.73. The van der Waals surface area contributed by atoms with E-state index in [1.165, 1.54) is 0 Å². The molecule has 0 rings (SSSR count). The van der Waals surface area contributed by atoms with Crippen LogP contribution in [-0.2, 0) is 0 Å². The molecule has 0 heterocycles. The maximum absolute atomic E-state index is 4.24. The summed E-state index contributed by atoms with van der Waals surface area (Å²) in [6, 6.07) is 0. The van der Waals surface area contributed by atoms with Crippen molar-refractivity contribution in [3.8, 4) is 0 Å². The number of hydrogen-bond donors (Lipinski definition) is 1. The third-order valence-electron chi connectivity index (χ3n) is 1.18. The molecule has 0 aliphatic carbocycles. The van der Waals surface area contributed by atoms with E-state index >= 15 is 0 Å². The van der Waals surface area contributed by atoms with Gasteiger partial charge in [-0.2, -0.15) is 5.10 Å². The van der Waals surface area contributed by atoms with Crippen LogP contribution >= 0.6 is 0 Å². The van der Waals surface area contributed by atoms with Gasteiger partial charge in [-0.25, -0.2) is 5.01 Å². The van der Waals surface area contributed by atoms with Crippen LogP contribution in [0, 0.1) is 0 Å². The molecule has 0 saturated carbocycles. The summed E-state index contributed by atoms with van der Waals surface area (Å²) in [4.78, 5) is 0. The lowest BCUT2D eigenvalue weighted by atomic mass is 10.3. The van der Waals surface area contributed by atoms with E-state index in [4.69, 9.17) is 0 Å². The van der Waals surface area contributed by atoms with Crippen LogP contribution in [0.4, 0.5) is 0 Å². The fraction of sp³-hybridized carbons (Fsp3) is 0.667. The second kappa shape index (κ2) is 5.59. The van der Waals surface area contributed by atoms with Crippen LogP contribution in [0.2, 0.25) is 0 Å². The lowest BCUT2D eigenvalue weighted by Gasteiger charge is -2.13. The average molecular weight is 184 g/mol. The van der Waals surface area contributed by atoms with Gasteiger partial charge >= 0.3 is 0 Å². The first-order valence-electron chi connectivity index (χ1n) is 4.26. The lowest BCUT2D eigenvalue weighted by molar-refractivity contribution is 0.328. The summed E-state index contributed by atoms with van der Waals surface area (Å²) in [6.07, 6.45) is 2.00. The maximum atomic E-state index is 4.24. The molecule has 0 fully saturated rings. The Bertz CT molecular complexity index is 204. The molecule has 0 spiro atoms. The van der Waals surface area contributed by atoms with E-state index in [0.717, 1.165) is 11.4 Å². The Labute approximate surface area is 80.9 Å². The molecular weight excluding hydrogens is 164 g/mol. The molecule has 0 aromatic heterocycles. The third-order valence-corrected chi connectivity index (χ3v) is 1.18. The Kier molecular flexibility index (Phi) is 5.14. The summed E-state index contributed by atoms with van der Waals surface area (Å²) in [6.45, 7) is 3.98. The van der Waals surface area contributed by atoms with Crippen molar-refractivity contribution < 1.29 is 0 Å². The molecule has 4 nitrogen and oxygen atoms in total. The Morgan fingerprint density at radius 3 is 2.08 bits per heavy atom. The summed E-state index contributed by atoms with van der Waals surface area (Å²) in [5.41, 5.74) is 5.20. The number of hydrazone groups is 1. The molecule has 0 aromatic carbocycles. The molecule has 0 amide bonds. The molecule has 0 radical (unpaired) electrons. The van der Waals surface area contributed by atoms with Crippen molar-refractivity contribution in [2.45, 2.75) is 13.8 Å². The van der Waals surface area contributed by atoms with Crippen molar-refractivity contribution in [3.05, 3.63) is 11.8 Å². The number of hydrazine groups is 1. The van der Waals surface area contributed by atoms with Gasteiger partial charge in [0, 0.05) is 33.9 Å². The van der Waals surface area contributed by atoms with Gasteiger partial charge in [-0.3, -0.25) is 0 Å². The summed E-state index contributed by atoms with van der Waals surface area (Å²) in [5, 5.41) is 7.92. The topological polar surface area (TPSA) is 30.9 Å². The fourth-order valence-corrected chi connectivity index (χ4v) is 1.04. The van der Waals surface area contributed by atoms with Crippen LogP contribution in [0.15, 0.2) is 16.9 Å². The van der Waals surface area contributed by atoms with Gasteiger partial charge in [-0.05, 0) is 19.9 Å². The van der Waals surface area contributed by atoms with Gasteiger partial charge in [-0.1, -0.05) is 0 Å². The van der Waals surface area contributed by atoms with Crippen molar-refractivity contribution in [1.29, 1.82) is 0 Å². The molecule has 0 bridgehead atoms. The number of rotatable bonds is 4. The Hall–Kier alpha value is -1.03. The van der Waals surface area contributed by atoms with Crippen LogP contribution in [0.25, 0.3) is 0 Å². The highest BCUT2D eigenvalue weighted by molar-refractivity contribution is 5.92. The number of nitrogens with zero attached hydrogens (tertiary/aromatic N) is 3. The zero-order valence-electron chi connectivity index (χ0n) is 9.42. The van der Waals surface area contributed by atoms with Crippen LogP contribution in [-0.4, -0.2) is 43.9 Å². The van der Waals surface area contributed by atoms with Gasteiger partial charge in [0.25, 0.3) is 0 Å². The molecular formula is C9H20N4. The molecule has 76 valence electrons. The number of nitrogens with one attached hydrogen (secondary N) is 1. The van der Waals surface area contributed by atoms with Gasteiger partial charge in [0.05, 0.1) is 5.71 Å². The predicted octanol–water partition coefficient (Wildman–Crippen LogP) is 0.894. The zero-order chi connectivity index (χ0) is 10.4. The van der Waals surface area contributed by atoms with Crippen LogP contribution < -0.4 is 5.43 Å². The molecule has 0 saturated heterocycles. The minimum atomic E-state index is 0.983. The van der Waals surface area contributed by atoms with Crippen molar-refractivity contribution in [1.82, 2.24) is 15.4 Å². The normalized spacial score (nSPS) is 13.5. The van der Waals surface area contributed by atoms with Crippen molar-refractivity contribution >= 4 is 5.71 Å². The van der Waals surface area contributed by atoms with Gasteiger partial charge < -0.3 is 10.4 Å². The molecule has 0 unspecified atom stereocenters. The minimum absolute atomic E-state index is 0.983. The van der Waals surface area contributed by atoms with Gasteiger partial charge in [0.2, 0.25) is 0 Å². The molecule has 0 aromatic rings. The molecule has 4 heteroatoms. The summed E-state index contributed by atoms with van der Waals surface area (Å²) < 4.78 is 0. The molecule has 1 N–H and O–H groups in total. The Morgan fingerprint density at radius 2 is 1.69 bits per heavy atom. The van der Waals surface area contributed by atoms with Crippen molar-refractivity contribution in [3.63, 3.8) is 0 Å². The molecule has 13 heavy (non-hydrogen) atoms. The zero-order valence-corrected chi connectivity index (χ0v) is 9.42. The summed E-state index contributed by atoms with van der Waals surface area (Å²) >= 11 is 0. The highest BCUT2D eigenvalue weighted by atomic mass is 15.5. The lowest BCUT2D eigenvalue weighted by Crippen LogP contribution is -2.28. The van der Waals surface area contributed by atoms with Crippen molar-refractivity contribution in [2.24, 2.45) is 5.10 Å². The van der Waals surface area contributed by atoms with E-state index in [9.17, 15) is 0 Å². The van der Waals surface area contributed by atoms with E-state index in [1.54, 1.807) is 5.01 Å². The third kappa shape index (κ3) is 7.33. The monoisotopic (exact) mass is 184 g/mol. The van der Waals surface area contributed by atoms with E-state index in [1.807, 2.05) is 53.1 Å². The maximum Gasteiger partial charge on any atom is 0.0591 e. The smallest absolute Gasteiger partial charge is 0.0591 e. The highest BCUT2D eigenvalue weighted by Crippen LogP contribution is 1.91. The largest absolute Gasteiger partial charge is 0.324 e. The van der Waals surface area contributed by atoms with Crippen LogP contribution in [0.1, 0.15) is 13.8 Å². The Morgan fingerprint density at radius 1 is 1.15 bits per heavy atom. The molecule has 0 atom stereocenters. The first kappa shape index (κ1) is 12.0. The average Bonchev–Trinajstić information content (AvgIpc) is 1.80. The molecule has 0 aliphatic heterocycles. The number of allylic oxidation sites excluding steroid dienone is 2. The SMILES string of the molecule is CC(=CC(C)=NN(C)C)NN(C)C. The summed E-state index contributed by atoms with van der Waals surface area (Å²) in [5.74, 6) is 0. The second-order valence-corrected chi connectivity index (χ2v) is 3.42. The second-order valence-electron chi connectivity index (χ2n) is 3.42. The van der Waals surface area contributed by atoms with Crippen LogP contribution in [0.5, 0.6) is 0 Å². The first-order valence-corrected chi connectivity index (χ1v) is 4.26. The number of hydrogen-bond acceptors (Lipinski definition) is 4. The quantitative estimate of drug-likeness (QED) is 0.520. The van der Waals surface area contributed by atoms with Gasteiger partial charge in [0.15, 0.2) is 0 Å². The van der Waals surface area contributed by atoms with E-state index in [0.29, 0.717) is 0 Å².